The number of hydrogen-bond acceptors (Lipinski definition) is 4. The SMILES string of the molecule is CC(CS(C)(=O)=O)N(C(=O)c1sc2ccccc2c1Cl)C1CC1. The van der Waals surface area contributed by atoms with E-state index in [-0.39, 0.29) is 23.7 Å². The first-order chi connectivity index (χ1) is 10.8. The number of hydrogen-bond donors (Lipinski definition) is 0. The van der Waals surface area contributed by atoms with Gasteiger partial charge in [-0.3, -0.25) is 4.79 Å². The summed E-state index contributed by atoms with van der Waals surface area (Å²) in [5, 5.41) is 1.34. The highest BCUT2D eigenvalue weighted by atomic mass is 35.5. The lowest BCUT2D eigenvalue weighted by molar-refractivity contribution is 0.0698. The first-order valence-corrected chi connectivity index (χ1v) is 10.7. The predicted octanol–water partition coefficient (Wildman–Crippen LogP) is 3.59. The van der Waals surface area contributed by atoms with E-state index in [2.05, 4.69) is 0 Å². The normalized spacial score (nSPS) is 16.5. The zero-order valence-electron chi connectivity index (χ0n) is 13.0. The number of fused-ring (bicyclic) bond motifs is 1. The summed E-state index contributed by atoms with van der Waals surface area (Å²) in [7, 11) is -3.15. The molecule has 1 unspecified atom stereocenters. The maximum Gasteiger partial charge on any atom is 0.266 e. The summed E-state index contributed by atoms with van der Waals surface area (Å²) in [5.74, 6) is -0.188. The van der Waals surface area contributed by atoms with Crippen molar-refractivity contribution >= 4 is 48.8 Å². The third-order valence-electron chi connectivity index (χ3n) is 3.92. The molecule has 23 heavy (non-hydrogen) atoms. The van der Waals surface area contributed by atoms with E-state index in [1.165, 1.54) is 17.6 Å². The zero-order chi connectivity index (χ0) is 16.8. The zero-order valence-corrected chi connectivity index (χ0v) is 15.3. The third kappa shape index (κ3) is 3.54. The van der Waals surface area contributed by atoms with Crippen LogP contribution in [0, 0.1) is 0 Å². The molecule has 1 aliphatic rings. The number of halogens is 1. The first-order valence-electron chi connectivity index (χ1n) is 7.45. The summed E-state index contributed by atoms with van der Waals surface area (Å²) >= 11 is 7.77. The van der Waals surface area contributed by atoms with E-state index >= 15 is 0 Å². The summed E-state index contributed by atoms with van der Waals surface area (Å²) in [6.45, 7) is 1.79. The van der Waals surface area contributed by atoms with Gasteiger partial charge in [-0.25, -0.2) is 8.42 Å². The fourth-order valence-corrected chi connectivity index (χ4v) is 5.36. The molecule has 0 N–H and O–H groups in total. The van der Waals surface area contributed by atoms with Crippen LogP contribution >= 0.6 is 22.9 Å². The molecule has 1 heterocycles. The molecular formula is C16H18ClNO3S2. The van der Waals surface area contributed by atoms with E-state index in [1.807, 2.05) is 24.3 Å². The van der Waals surface area contributed by atoms with Gasteiger partial charge in [-0.15, -0.1) is 11.3 Å². The largest absolute Gasteiger partial charge is 0.331 e. The second-order valence-corrected chi connectivity index (χ2v) is 9.74. The minimum Gasteiger partial charge on any atom is -0.331 e. The molecular weight excluding hydrogens is 354 g/mol. The Kier molecular flexibility index (Phi) is 4.42. The van der Waals surface area contributed by atoms with E-state index in [9.17, 15) is 13.2 Å². The van der Waals surface area contributed by atoms with Crippen LogP contribution in [0.5, 0.6) is 0 Å². The quantitative estimate of drug-likeness (QED) is 0.807. The monoisotopic (exact) mass is 371 g/mol. The Bertz CT molecular complexity index is 855. The van der Waals surface area contributed by atoms with Crippen molar-refractivity contribution in [2.45, 2.75) is 31.8 Å². The van der Waals surface area contributed by atoms with Crippen molar-refractivity contribution in [2.75, 3.05) is 12.0 Å². The molecule has 2 aromatic rings. The van der Waals surface area contributed by atoms with E-state index in [4.69, 9.17) is 11.6 Å². The van der Waals surface area contributed by atoms with Gasteiger partial charge in [0.25, 0.3) is 5.91 Å². The molecule has 0 bridgehead atoms. The van der Waals surface area contributed by atoms with E-state index in [0.717, 1.165) is 22.9 Å². The molecule has 4 nitrogen and oxygen atoms in total. The molecule has 1 fully saturated rings. The fourth-order valence-electron chi connectivity index (χ4n) is 2.87. The number of benzene rings is 1. The molecule has 0 spiro atoms. The number of sulfone groups is 1. The smallest absolute Gasteiger partial charge is 0.266 e. The van der Waals surface area contributed by atoms with Crippen LogP contribution in [0.3, 0.4) is 0 Å². The lowest BCUT2D eigenvalue weighted by Crippen LogP contribution is -2.43. The number of carbonyl (C=O) groups is 1. The minimum absolute atomic E-state index is 0.0300. The van der Waals surface area contributed by atoms with Crippen molar-refractivity contribution in [1.82, 2.24) is 4.90 Å². The molecule has 1 aromatic heterocycles. The van der Waals surface area contributed by atoms with Gasteiger partial charge < -0.3 is 4.90 Å². The maximum atomic E-state index is 13.0. The topological polar surface area (TPSA) is 54.5 Å². The second-order valence-electron chi connectivity index (χ2n) is 6.13. The average molecular weight is 372 g/mol. The Balaban J connectivity index is 1.96. The second kappa shape index (κ2) is 6.07. The lowest BCUT2D eigenvalue weighted by atomic mass is 10.2. The van der Waals surface area contributed by atoms with Gasteiger partial charge in [0, 0.05) is 28.4 Å². The maximum absolute atomic E-state index is 13.0. The van der Waals surface area contributed by atoms with Crippen LogP contribution in [0.4, 0.5) is 0 Å². The van der Waals surface area contributed by atoms with E-state index < -0.39 is 9.84 Å². The van der Waals surface area contributed by atoms with Crippen molar-refractivity contribution in [2.24, 2.45) is 0 Å². The number of thiophene rings is 1. The molecule has 3 rings (SSSR count). The van der Waals surface area contributed by atoms with Gasteiger partial charge in [0.05, 0.1) is 10.8 Å². The molecule has 7 heteroatoms. The molecule has 1 amide bonds. The van der Waals surface area contributed by atoms with Crippen molar-refractivity contribution in [1.29, 1.82) is 0 Å². The number of carbonyl (C=O) groups excluding carboxylic acids is 1. The average Bonchev–Trinajstić information content (AvgIpc) is 3.21. The van der Waals surface area contributed by atoms with E-state index in [1.54, 1.807) is 11.8 Å². The fraction of sp³-hybridized carbons (Fsp3) is 0.438. The van der Waals surface area contributed by atoms with Crippen LogP contribution in [-0.2, 0) is 9.84 Å². The Hall–Kier alpha value is -1.11. The highest BCUT2D eigenvalue weighted by Crippen LogP contribution is 2.38. The van der Waals surface area contributed by atoms with E-state index in [0.29, 0.717) is 9.90 Å². The summed E-state index contributed by atoms with van der Waals surface area (Å²) < 4.78 is 24.2. The third-order valence-corrected chi connectivity index (χ3v) is 6.67. The number of nitrogens with zero attached hydrogens (tertiary/aromatic N) is 1. The van der Waals surface area contributed by atoms with Crippen LogP contribution in [-0.4, -0.2) is 43.3 Å². The summed E-state index contributed by atoms with van der Waals surface area (Å²) in [6, 6.07) is 7.40. The Labute approximate surface area is 145 Å². The van der Waals surface area contributed by atoms with Gasteiger partial charge in [0.1, 0.15) is 14.7 Å². The minimum atomic E-state index is -3.15. The van der Waals surface area contributed by atoms with Gasteiger partial charge in [-0.1, -0.05) is 29.8 Å². The predicted molar refractivity (Wildman–Crippen MR) is 95.2 cm³/mol. The van der Waals surface area contributed by atoms with Crippen LogP contribution < -0.4 is 0 Å². The number of rotatable bonds is 5. The molecule has 1 atom stereocenters. The lowest BCUT2D eigenvalue weighted by Gasteiger charge is -2.28. The molecule has 0 saturated heterocycles. The van der Waals surface area contributed by atoms with Crippen LogP contribution in [0.2, 0.25) is 5.02 Å². The van der Waals surface area contributed by atoms with Gasteiger partial charge in [-0.2, -0.15) is 0 Å². The van der Waals surface area contributed by atoms with Crippen LogP contribution in [0.25, 0.3) is 10.1 Å². The van der Waals surface area contributed by atoms with Crippen LogP contribution in [0.1, 0.15) is 29.4 Å². The molecule has 1 saturated carbocycles. The standard InChI is InChI=1S/C16H18ClNO3S2/c1-10(9-23(2,20)21)18(11-7-8-11)16(19)15-14(17)12-5-3-4-6-13(12)22-15/h3-6,10-11H,7-9H2,1-2H3. The van der Waals surface area contributed by atoms with Gasteiger partial charge >= 0.3 is 0 Å². The van der Waals surface area contributed by atoms with Crippen LogP contribution in [0.15, 0.2) is 24.3 Å². The Morgan fingerprint density at radius 1 is 1.39 bits per heavy atom. The Morgan fingerprint density at radius 2 is 2.04 bits per heavy atom. The first kappa shape index (κ1) is 16.7. The van der Waals surface area contributed by atoms with Gasteiger partial charge in [0.2, 0.25) is 0 Å². The molecule has 1 aliphatic carbocycles. The van der Waals surface area contributed by atoms with Crippen molar-refractivity contribution in [3.05, 3.63) is 34.2 Å². The molecule has 1 aromatic carbocycles. The highest BCUT2D eigenvalue weighted by molar-refractivity contribution is 7.90. The molecule has 0 radical (unpaired) electrons. The van der Waals surface area contributed by atoms with Crippen molar-refractivity contribution in [3.8, 4) is 0 Å². The molecule has 0 aliphatic heterocycles. The summed E-state index contributed by atoms with van der Waals surface area (Å²) in [5.41, 5.74) is 0. The summed E-state index contributed by atoms with van der Waals surface area (Å²) in [4.78, 5) is 15.2. The van der Waals surface area contributed by atoms with Crippen molar-refractivity contribution < 1.29 is 13.2 Å². The van der Waals surface area contributed by atoms with Gasteiger partial charge in [0.15, 0.2) is 0 Å². The van der Waals surface area contributed by atoms with Crippen molar-refractivity contribution in [3.63, 3.8) is 0 Å². The Morgan fingerprint density at radius 3 is 2.61 bits per heavy atom. The number of amides is 1. The summed E-state index contributed by atoms with van der Waals surface area (Å²) in [6.07, 6.45) is 3.04. The van der Waals surface area contributed by atoms with Gasteiger partial charge in [-0.05, 0) is 25.8 Å². The molecule has 124 valence electrons. The highest BCUT2D eigenvalue weighted by Gasteiger charge is 2.38.